The van der Waals surface area contributed by atoms with Gasteiger partial charge in [0, 0.05) is 28.4 Å². The third-order valence-corrected chi connectivity index (χ3v) is 4.46. The highest BCUT2D eigenvalue weighted by Gasteiger charge is 2.23. The summed E-state index contributed by atoms with van der Waals surface area (Å²) < 4.78 is 8.17. The van der Waals surface area contributed by atoms with Gasteiger partial charge in [-0.3, -0.25) is 0 Å². The van der Waals surface area contributed by atoms with Gasteiger partial charge in [0.05, 0.1) is 24.8 Å². The van der Waals surface area contributed by atoms with Crippen molar-refractivity contribution in [2.75, 3.05) is 6.61 Å². The topological polar surface area (TPSA) is 42.8 Å². The summed E-state index contributed by atoms with van der Waals surface area (Å²) in [5.74, 6) is 0. The van der Waals surface area contributed by atoms with E-state index in [-0.39, 0.29) is 6.10 Å². The van der Waals surface area contributed by atoms with Gasteiger partial charge in [0.25, 0.3) is 0 Å². The molecule has 5 rings (SSSR count). The van der Waals surface area contributed by atoms with Crippen molar-refractivity contribution in [2.24, 2.45) is 0 Å². The van der Waals surface area contributed by atoms with Crippen molar-refractivity contribution in [1.29, 1.82) is 0 Å². The number of para-hydroxylation sites is 1. The van der Waals surface area contributed by atoms with Crippen molar-refractivity contribution in [1.82, 2.24) is 14.5 Å². The normalized spacial score (nSPS) is 17.9. The molecule has 1 aliphatic rings. The first-order chi connectivity index (χ1) is 10.9. The minimum absolute atomic E-state index is 0.0351. The number of fused-ring (bicyclic) bond motifs is 4. The first kappa shape index (κ1) is 12.0. The van der Waals surface area contributed by atoms with E-state index >= 15 is 0 Å². The minimum atomic E-state index is -0.0351. The summed E-state index contributed by atoms with van der Waals surface area (Å²) in [7, 11) is 0. The largest absolute Gasteiger partial charge is 0.365 e. The first-order valence-corrected chi connectivity index (χ1v) is 7.52. The second-order valence-electron chi connectivity index (χ2n) is 5.74. The number of aromatic amines is 1. The summed E-state index contributed by atoms with van der Waals surface area (Å²) in [6.45, 7) is 1.60. The number of aromatic nitrogens is 3. The van der Waals surface area contributed by atoms with E-state index in [0.29, 0.717) is 0 Å². The molecule has 0 bridgehead atoms. The van der Waals surface area contributed by atoms with Crippen LogP contribution in [0.4, 0.5) is 0 Å². The molecule has 4 nitrogen and oxygen atoms in total. The molecule has 0 saturated heterocycles. The molecule has 2 aromatic carbocycles. The lowest BCUT2D eigenvalue weighted by Crippen LogP contribution is -2.21. The molecule has 22 heavy (non-hydrogen) atoms. The van der Waals surface area contributed by atoms with Crippen LogP contribution in [-0.4, -0.2) is 21.1 Å². The number of benzene rings is 2. The maximum absolute atomic E-state index is 6.00. The molecule has 0 fully saturated rings. The highest BCUT2D eigenvalue weighted by Crippen LogP contribution is 2.32. The van der Waals surface area contributed by atoms with Crippen LogP contribution in [0.2, 0.25) is 0 Å². The molecule has 0 saturated carbocycles. The number of rotatable bonds is 1. The first-order valence-electron chi connectivity index (χ1n) is 7.52. The van der Waals surface area contributed by atoms with Crippen LogP contribution in [0, 0.1) is 0 Å². The van der Waals surface area contributed by atoms with E-state index in [1.54, 1.807) is 0 Å². The van der Waals surface area contributed by atoms with Gasteiger partial charge < -0.3 is 14.3 Å². The summed E-state index contributed by atoms with van der Waals surface area (Å²) in [6, 6.07) is 14.9. The van der Waals surface area contributed by atoms with E-state index in [9.17, 15) is 0 Å². The fourth-order valence-electron chi connectivity index (χ4n) is 3.39. The lowest BCUT2D eigenvalue weighted by atomic mass is 10.0. The quantitative estimate of drug-likeness (QED) is 0.581. The van der Waals surface area contributed by atoms with Gasteiger partial charge in [-0.25, -0.2) is 4.98 Å². The average molecular weight is 289 g/mol. The molecule has 1 unspecified atom stereocenters. The Labute approximate surface area is 127 Å². The predicted octanol–water partition coefficient (Wildman–Crippen LogP) is 3.64. The van der Waals surface area contributed by atoms with Gasteiger partial charge >= 0.3 is 0 Å². The molecule has 0 radical (unpaired) electrons. The van der Waals surface area contributed by atoms with Crippen molar-refractivity contribution < 1.29 is 4.74 Å². The van der Waals surface area contributed by atoms with Gasteiger partial charge in [0.2, 0.25) is 0 Å². The van der Waals surface area contributed by atoms with Gasteiger partial charge in [-0.05, 0) is 17.7 Å². The second kappa shape index (κ2) is 4.45. The number of nitrogens with zero attached hydrogens (tertiary/aromatic N) is 2. The lowest BCUT2D eigenvalue weighted by molar-refractivity contribution is 0.0465. The van der Waals surface area contributed by atoms with E-state index in [1.165, 1.54) is 21.9 Å². The highest BCUT2D eigenvalue weighted by atomic mass is 16.5. The average Bonchev–Trinajstić information content (AvgIpc) is 3.18. The fourth-order valence-corrected chi connectivity index (χ4v) is 3.39. The minimum Gasteiger partial charge on any atom is -0.365 e. The summed E-state index contributed by atoms with van der Waals surface area (Å²) >= 11 is 0. The van der Waals surface area contributed by atoms with Crippen LogP contribution in [0.25, 0.3) is 21.8 Å². The van der Waals surface area contributed by atoms with Crippen molar-refractivity contribution in [3.63, 3.8) is 0 Å². The van der Waals surface area contributed by atoms with Crippen molar-refractivity contribution in [3.05, 3.63) is 66.2 Å². The number of ether oxygens (including phenoxy) is 1. The maximum atomic E-state index is 6.00. The van der Waals surface area contributed by atoms with Gasteiger partial charge in [-0.15, -0.1) is 0 Å². The van der Waals surface area contributed by atoms with E-state index in [4.69, 9.17) is 4.74 Å². The monoisotopic (exact) mass is 289 g/mol. The number of hydrogen-bond acceptors (Lipinski definition) is 2. The molecule has 1 N–H and O–H groups in total. The van der Waals surface area contributed by atoms with E-state index in [1.807, 2.05) is 12.5 Å². The molecule has 0 aliphatic carbocycles. The van der Waals surface area contributed by atoms with Crippen LogP contribution < -0.4 is 0 Å². The number of H-pyrrole nitrogens is 1. The Hall–Kier alpha value is -2.59. The molecule has 4 heteroatoms. The predicted molar refractivity (Wildman–Crippen MR) is 85.8 cm³/mol. The van der Waals surface area contributed by atoms with Gasteiger partial charge in [-0.2, -0.15) is 0 Å². The molecule has 2 aromatic heterocycles. The number of imidazole rings is 1. The zero-order chi connectivity index (χ0) is 14.5. The Kier molecular flexibility index (Phi) is 2.43. The Morgan fingerprint density at radius 2 is 2.00 bits per heavy atom. The fraction of sp³-hybridized carbons (Fsp3) is 0.167. The van der Waals surface area contributed by atoms with Crippen LogP contribution in [0.3, 0.4) is 0 Å². The molecular weight excluding hydrogens is 274 g/mol. The Bertz CT molecular complexity index is 982. The summed E-state index contributed by atoms with van der Waals surface area (Å²) in [6.07, 6.45) is 3.75. The van der Waals surface area contributed by atoms with E-state index < -0.39 is 0 Å². The van der Waals surface area contributed by atoms with Gasteiger partial charge in [0.15, 0.2) is 0 Å². The maximum Gasteiger partial charge on any atom is 0.124 e. The van der Waals surface area contributed by atoms with Crippen LogP contribution in [0.1, 0.15) is 17.4 Å². The molecule has 108 valence electrons. The van der Waals surface area contributed by atoms with Crippen LogP contribution >= 0.6 is 0 Å². The Morgan fingerprint density at radius 3 is 3.00 bits per heavy atom. The molecule has 4 aromatic rings. The van der Waals surface area contributed by atoms with Gasteiger partial charge in [0.1, 0.15) is 6.10 Å². The molecule has 1 aliphatic heterocycles. The summed E-state index contributed by atoms with van der Waals surface area (Å²) in [4.78, 5) is 7.75. The molecule has 3 heterocycles. The van der Waals surface area contributed by atoms with Crippen molar-refractivity contribution in [2.45, 2.75) is 12.6 Å². The summed E-state index contributed by atoms with van der Waals surface area (Å²) in [5, 5.41) is 2.52. The molecule has 0 amide bonds. The smallest absolute Gasteiger partial charge is 0.124 e. The van der Waals surface area contributed by atoms with Crippen molar-refractivity contribution in [3.8, 4) is 0 Å². The summed E-state index contributed by atoms with van der Waals surface area (Å²) in [5.41, 5.74) is 4.62. The van der Waals surface area contributed by atoms with E-state index in [0.717, 1.165) is 24.4 Å². The molecular formula is C18H15N3O. The van der Waals surface area contributed by atoms with Crippen LogP contribution in [0.5, 0.6) is 0 Å². The third kappa shape index (κ3) is 1.64. The SMILES string of the molecule is c1ccc2c(c1)[nH]c1cc(C3OCCn4cncc43)ccc12. The van der Waals surface area contributed by atoms with Crippen molar-refractivity contribution >= 4 is 21.8 Å². The van der Waals surface area contributed by atoms with E-state index in [2.05, 4.69) is 57.0 Å². The zero-order valence-corrected chi connectivity index (χ0v) is 12.0. The molecule has 1 atom stereocenters. The van der Waals surface area contributed by atoms with Crippen LogP contribution in [-0.2, 0) is 11.3 Å². The highest BCUT2D eigenvalue weighted by molar-refractivity contribution is 6.07. The zero-order valence-electron chi connectivity index (χ0n) is 12.0. The third-order valence-electron chi connectivity index (χ3n) is 4.46. The Morgan fingerprint density at radius 1 is 1.09 bits per heavy atom. The standard InChI is InChI=1S/C18H15N3O/c1-2-4-15-13(3-1)14-6-5-12(9-16(14)20-15)18-17-10-19-11-21(17)7-8-22-18/h1-6,9-11,18,20H,7-8H2. The second-order valence-corrected chi connectivity index (χ2v) is 5.74. The number of nitrogens with one attached hydrogen (secondary N) is 1. The van der Waals surface area contributed by atoms with Gasteiger partial charge in [-0.1, -0.05) is 30.3 Å². The lowest BCUT2D eigenvalue weighted by Gasteiger charge is -2.25. The van der Waals surface area contributed by atoms with Crippen LogP contribution in [0.15, 0.2) is 55.0 Å². The Balaban J connectivity index is 1.69. The molecule has 0 spiro atoms. The number of hydrogen-bond donors (Lipinski definition) is 1.